The first kappa shape index (κ1) is 12.9. The van der Waals surface area contributed by atoms with Gasteiger partial charge in [0.15, 0.2) is 0 Å². The number of fused-ring (bicyclic) bond motifs is 1. The van der Waals surface area contributed by atoms with Crippen molar-refractivity contribution in [2.24, 2.45) is 23.7 Å². The Kier molecular flexibility index (Phi) is 4.43. The zero-order valence-corrected chi connectivity index (χ0v) is 11.1. The van der Waals surface area contributed by atoms with E-state index in [1.54, 1.807) is 0 Å². The number of carbonyl (C=O) groups excluding carboxylic acids is 1. The van der Waals surface area contributed by atoms with E-state index in [1.807, 2.05) is 0 Å². The van der Waals surface area contributed by atoms with E-state index >= 15 is 0 Å². The summed E-state index contributed by atoms with van der Waals surface area (Å²) in [7, 11) is 0. The topological polar surface area (TPSA) is 38.3 Å². The molecule has 98 valence electrons. The molecule has 0 aromatic heterocycles. The Morgan fingerprint density at radius 3 is 2.59 bits per heavy atom. The van der Waals surface area contributed by atoms with Crippen molar-refractivity contribution in [1.82, 2.24) is 5.32 Å². The molecule has 3 heteroatoms. The van der Waals surface area contributed by atoms with E-state index in [1.165, 1.54) is 6.42 Å². The standard InChI is InChI=1S/C14H25NO2/c1-10(2)3-5-17-6-4-15-14(16)13-8-11-7-12(11)9-13/h10-13H,3-9H2,1-2H3,(H,15,16). The van der Waals surface area contributed by atoms with Crippen LogP contribution in [0.5, 0.6) is 0 Å². The Morgan fingerprint density at radius 2 is 1.94 bits per heavy atom. The van der Waals surface area contributed by atoms with Crippen molar-refractivity contribution >= 4 is 5.91 Å². The third-order valence-electron chi connectivity index (χ3n) is 4.00. The lowest BCUT2D eigenvalue weighted by atomic mass is 10.0. The summed E-state index contributed by atoms with van der Waals surface area (Å²) >= 11 is 0. The second-order valence-corrected chi connectivity index (χ2v) is 6.01. The third kappa shape index (κ3) is 3.98. The van der Waals surface area contributed by atoms with Gasteiger partial charge in [0.2, 0.25) is 5.91 Å². The van der Waals surface area contributed by atoms with Crippen LogP contribution in [0.4, 0.5) is 0 Å². The summed E-state index contributed by atoms with van der Waals surface area (Å²) in [5, 5.41) is 2.99. The van der Waals surface area contributed by atoms with Gasteiger partial charge in [-0.1, -0.05) is 13.8 Å². The lowest BCUT2D eigenvalue weighted by Crippen LogP contribution is -2.32. The molecular weight excluding hydrogens is 214 g/mol. The zero-order valence-electron chi connectivity index (χ0n) is 11.1. The minimum Gasteiger partial charge on any atom is -0.380 e. The van der Waals surface area contributed by atoms with Gasteiger partial charge in [0, 0.05) is 19.1 Å². The highest BCUT2D eigenvalue weighted by Crippen LogP contribution is 2.54. The molecule has 0 aliphatic heterocycles. The van der Waals surface area contributed by atoms with Crippen LogP contribution < -0.4 is 5.32 Å². The summed E-state index contributed by atoms with van der Waals surface area (Å²) in [5.74, 6) is 3.01. The molecule has 2 aliphatic rings. The van der Waals surface area contributed by atoms with Crippen LogP contribution in [0, 0.1) is 23.7 Å². The number of nitrogens with one attached hydrogen (secondary N) is 1. The largest absolute Gasteiger partial charge is 0.380 e. The molecular formula is C14H25NO2. The number of amides is 1. The van der Waals surface area contributed by atoms with E-state index in [0.717, 1.165) is 37.7 Å². The van der Waals surface area contributed by atoms with Crippen molar-refractivity contribution in [3.8, 4) is 0 Å². The first-order chi connectivity index (χ1) is 8.16. The molecule has 0 aromatic carbocycles. The summed E-state index contributed by atoms with van der Waals surface area (Å²) in [5.41, 5.74) is 0. The molecule has 2 fully saturated rings. The van der Waals surface area contributed by atoms with E-state index in [0.29, 0.717) is 25.0 Å². The van der Waals surface area contributed by atoms with E-state index in [9.17, 15) is 4.79 Å². The molecule has 2 saturated carbocycles. The fraction of sp³-hybridized carbons (Fsp3) is 0.929. The molecule has 17 heavy (non-hydrogen) atoms. The molecule has 2 rings (SSSR count). The molecule has 2 atom stereocenters. The summed E-state index contributed by atoms with van der Waals surface area (Å²) in [4.78, 5) is 11.8. The van der Waals surface area contributed by atoms with Gasteiger partial charge in [-0.3, -0.25) is 4.79 Å². The molecule has 2 unspecified atom stereocenters. The average molecular weight is 239 g/mol. The van der Waals surface area contributed by atoms with Crippen molar-refractivity contribution in [2.75, 3.05) is 19.8 Å². The Bertz CT molecular complexity index is 255. The Hall–Kier alpha value is -0.570. The van der Waals surface area contributed by atoms with Gasteiger partial charge in [0.25, 0.3) is 0 Å². The van der Waals surface area contributed by atoms with Crippen molar-refractivity contribution in [1.29, 1.82) is 0 Å². The molecule has 0 radical (unpaired) electrons. The predicted molar refractivity (Wildman–Crippen MR) is 67.6 cm³/mol. The predicted octanol–water partition coefficient (Wildman–Crippen LogP) is 2.21. The van der Waals surface area contributed by atoms with Gasteiger partial charge in [-0.05, 0) is 43.4 Å². The van der Waals surface area contributed by atoms with Crippen LogP contribution in [0.25, 0.3) is 0 Å². The van der Waals surface area contributed by atoms with E-state index < -0.39 is 0 Å². The summed E-state index contributed by atoms with van der Waals surface area (Å²) in [6.45, 7) is 6.51. The number of hydrogen-bond acceptors (Lipinski definition) is 2. The molecule has 0 heterocycles. The minimum atomic E-state index is 0.254. The molecule has 0 bridgehead atoms. The maximum Gasteiger partial charge on any atom is 0.223 e. The highest BCUT2D eigenvalue weighted by atomic mass is 16.5. The third-order valence-corrected chi connectivity index (χ3v) is 4.00. The van der Waals surface area contributed by atoms with Crippen LogP contribution in [0.15, 0.2) is 0 Å². The first-order valence-electron chi connectivity index (χ1n) is 7.02. The van der Waals surface area contributed by atoms with Gasteiger partial charge < -0.3 is 10.1 Å². The van der Waals surface area contributed by atoms with Crippen LogP contribution in [0.1, 0.15) is 39.5 Å². The molecule has 0 spiro atoms. The van der Waals surface area contributed by atoms with Crippen molar-refractivity contribution in [3.63, 3.8) is 0 Å². The lowest BCUT2D eigenvalue weighted by Gasteiger charge is -2.12. The summed E-state index contributed by atoms with van der Waals surface area (Å²) in [6.07, 6.45) is 4.73. The Morgan fingerprint density at radius 1 is 1.24 bits per heavy atom. The number of rotatable bonds is 7. The molecule has 2 aliphatic carbocycles. The Balaban J connectivity index is 1.46. The molecule has 0 saturated heterocycles. The van der Waals surface area contributed by atoms with Crippen LogP contribution in [0.2, 0.25) is 0 Å². The average Bonchev–Trinajstić information content (AvgIpc) is 2.90. The van der Waals surface area contributed by atoms with Crippen molar-refractivity contribution in [2.45, 2.75) is 39.5 Å². The monoisotopic (exact) mass is 239 g/mol. The second-order valence-electron chi connectivity index (χ2n) is 6.01. The highest BCUT2D eigenvalue weighted by Gasteiger charge is 2.47. The first-order valence-corrected chi connectivity index (χ1v) is 7.02. The van der Waals surface area contributed by atoms with Crippen molar-refractivity contribution in [3.05, 3.63) is 0 Å². The number of hydrogen-bond donors (Lipinski definition) is 1. The van der Waals surface area contributed by atoms with Crippen LogP contribution in [-0.4, -0.2) is 25.7 Å². The van der Waals surface area contributed by atoms with Crippen LogP contribution in [-0.2, 0) is 9.53 Å². The molecule has 1 amide bonds. The maximum absolute atomic E-state index is 11.8. The maximum atomic E-state index is 11.8. The van der Waals surface area contributed by atoms with Crippen LogP contribution >= 0.6 is 0 Å². The number of carbonyl (C=O) groups is 1. The summed E-state index contributed by atoms with van der Waals surface area (Å²) in [6, 6.07) is 0. The second kappa shape index (κ2) is 5.85. The normalized spacial score (nSPS) is 30.4. The van der Waals surface area contributed by atoms with E-state index in [2.05, 4.69) is 19.2 Å². The van der Waals surface area contributed by atoms with Gasteiger partial charge in [0.1, 0.15) is 0 Å². The minimum absolute atomic E-state index is 0.254. The van der Waals surface area contributed by atoms with Gasteiger partial charge in [-0.25, -0.2) is 0 Å². The van der Waals surface area contributed by atoms with Gasteiger partial charge in [0.05, 0.1) is 6.61 Å². The van der Waals surface area contributed by atoms with E-state index in [-0.39, 0.29) is 5.91 Å². The Labute approximate surface area is 104 Å². The number of ether oxygens (including phenoxy) is 1. The fourth-order valence-corrected chi connectivity index (χ4v) is 2.74. The van der Waals surface area contributed by atoms with Gasteiger partial charge in [-0.15, -0.1) is 0 Å². The highest BCUT2D eigenvalue weighted by molar-refractivity contribution is 5.79. The van der Waals surface area contributed by atoms with Gasteiger partial charge >= 0.3 is 0 Å². The quantitative estimate of drug-likeness (QED) is 0.692. The SMILES string of the molecule is CC(C)CCOCCNC(=O)C1CC2CC2C1. The molecule has 3 nitrogen and oxygen atoms in total. The zero-order chi connectivity index (χ0) is 12.3. The van der Waals surface area contributed by atoms with E-state index in [4.69, 9.17) is 4.74 Å². The smallest absolute Gasteiger partial charge is 0.223 e. The molecule has 0 aromatic rings. The molecule has 1 N–H and O–H groups in total. The lowest BCUT2D eigenvalue weighted by molar-refractivity contribution is -0.125. The van der Waals surface area contributed by atoms with Crippen LogP contribution in [0.3, 0.4) is 0 Å². The summed E-state index contributed by atoms with van der Waals surface area (Å²) < 4.78 is 5.47. The van der Waals surface area contributed by atoms with Crippen molar-refractivity contribution < 1.29 is 9.53 Å². The van der Waals surface area contributed by atoms with Gasteiger partial charge in [-0.2, -0.15) is 0 Å². The fourth-order valence-electron chi connectivity index (χ4n) is 2.74.